The number of Topliss-reactive ketones (excluding diaryl/α,β-unsaturated/α-hetero) is 1. The second-order valence-corrected chi connectivity index (χ2v) is 7.52. The zero-order valence-electron chi connectivity index (χ0n) is 15.7. The summed E-state index contributed by atoms with van der Waals surface area (Å²) in [6, 6.07) is 12.8. The van der Waals surface area contributed by atoms with Gasteiger partial charge in [-0.2, -0.15) is 0 Å². The first-order valence-electron chi connectivity index (χ1n) is 8.73. The summed E-state index contributed by atoms with van der Waals surface area (Å²) < 4.78 is 13.7. The molecule has 3 heterocycles. The number of fused-ring (bicyclic) bond motifs is 1. The first-order chi connectivity index (χ1) is 13.4. The average molecular weight is 394 g/mol. The Morgan fingerprint density at radius 1 is 1.18 bits per heavy atom. The molecule has 142 valence electrons. The average Bonchev–Trinajstić information content (AvgIpc) is 3.40. The highest BCUT2D eigenvalue weighted by atomic mass is 32.1. The minimum atomic E-state index is -0.675. The fourth-order valence-electron chi connectivity index (χ4n) is 2.96. The second kappa shape index (κ2) is 7.09. The van der Waals surface area contributed by atoms with Gasteiger partial charge in [-0.15, -0.1) is 11.3 Å². The number of furan rings is 1. The predicted molar refractivity (Wildman–Crippen MR) is 107 cm³/mol. The molecule has 0 saturated carbocycles. The third kappa shape index (κ3) is 3.25. The smallest absolute Gasteiger partial charge is 0.374 e. The molecule has 3 aromatic heterocycles. The number of ether oxygens (including phenoxy) is 1. The summed E-state index contributed by atoms with van der Waals surface area (Å²) in [5, 5.41) is 0.687. The maximum atomic E-state index is 12.4. The van der Waals surface area contributed by atoms with Crippen LogP contribution in [0.1, 0.15) is 32.3 Å². The zero-order valence-corrected chi connectivity index (χ0v) is 16.5. The van der Waals surface area contributed by atoms with Crippen molar-refractivity contribution in [1.29, 1.82) is 0 Å². The molecule has 0 bridgehead atoms. The Morgan fingerprint density at radius 3 is 2.68 bits per heavy atom. The number of aromatic nitrogens is 2. The number of carbonyl (C=O) groups is 2. The summed E-state index contributed by atoms with van der Waals surface area (Å²) in [6.45, 7) is 3.45. The highest BCUT2D eigenvalue weighted by molar-refractivity contribution is 7.21. The van der Waals surface area contributed by atoms with Gasteiger partial charge in [0.25, 0.3) is 0 Å². The van der Waals surface area contributed by atoms with Crippen molar-refractivity contribution in [1.82, 2.24) is 9.55 Å². The van der Waals surface area contributed by atoms with E-state index < -0.39 is 5.97 Å². The number of hydrogen-bond donors (Lipinski definition) is 0. The third-order valence-electron chi connectivity index (χ3n) is 4.72. The molecule has 0 N–H and O–H groups in total. The molecule has 0 atom stereocenters. The fourth-order valence-corrected chi connectivity index (χ4v) is 3.89. The Labute approximate surface area is 165 Å². The molecular weight excluding hydrogens is 376 g/mol. The molecule has 1 aromatic carbocycles. The van der Waals surface area contributed by atoms with E-state index in [2.05, 4.69) is 4.98 Å². The molecule has 6 nitrogen and oxygen atoms in total. The SMILES string of the molecule is Cc1cc(C(=O)COC(=O)c2ccc(-c3nc4ccccc4s3)o2)c(C)n1C. The van der Waals surface area contributed by atoms with E-state index >= 15 is 0 Å². The molecule has 28 heavy (non-hydrogen) atoms. The van der Waals surface area contributed by atoms with Crippen LogP contribution in [0.15, 0.2) is 46.9 Å². The van der Waals surface area contributed by atoms with Crippen LogP contribution in [0, 0.1) is 13.8 Å². The maximum absolute atomic E-state index is 12.4. The lowest BCUT2D eigenvalue weighted by molar-refractivity contribution is 0.0444. The van der Waals surface area contributed by atoms with Crippen LogP contribution in [0.25, 0.3) is 21.0 Å². The van der Waals surface area contributed by atoms with Crippen LogP contribution in [-0.2, 0) is 11.8 Å². The van der Waals surface area contributed by atoms with Crippen LogP contribution in [0.4, 0.5) is 0 Å². The molecule has 0 aliphatic carbocycles. The first-order valence-corrected chi connectivity index (χ1v) is 9.54. The van der Waals surface area contributed by atoms with Crippen molar-refractivity contribution in [2.75, 3.05) is 6.61 Å². The van der Waals surface area contributed by atoms with Crippen LogP contribution in [-0.4, -0.2) is 27.9 Å². The number of carbonyl (C=O) groups excluding carboxylic acids is 2. The number of ketones is 1. The lowest BCUT2D eigenvalue weighted by Crippen LogP contribution is -2.14. The molecule has 0 aliphatic heterocycles. The van der Waals surface area contributed by atoms with E-state index in [1.54, 1.807) is 12.1 Å². The second-order valence-electron chi connectivity index (χ2n) is 6.49. The van der Waals surface area contributed by atoms with E-state index in [1.807, 2.05) is 49.7 Å². The lowest BCUT2D eigenvalue weighted by Gasteiger charge is -2.03. The Bertz CT molecular complexity index is 1170. The van der Waals surface area contributed by atoms with E-state index in [-0.39, 0.29) is 18.2 Å². The lowest BCUT2D eigenvalue weighted by atomic mass is 10.1. The summed E-state index contributed by atoms with van der Waals surface area (Å²) in [4.78, 5) is 29.1. The summed E-state index contributed by atoms with van der Waals surface area (Å²) in [6.07, 6.45) is 0. The van der Waals surface area contributed by atoms with Crippen LogP contribution in [0.3, 0.4) is 0 Å². The van der Waals surface area contributed by atoms with Gasteiger partial charge in [0.15, 0.2) is 17.4 Å². The minimum Gasteiger partial charge on any atom is -0.451 e. The quantitative estimate of drug-likeness (QED) is 0.367. The number of thiazole rings is 1. The number of aryl methyl sites for hydroxylation is 1. The van der Waals surface area contributed by atoms with Crippen LogP contribution < -0.4 is 0 Å². The van der Waals surface area contributed by atoms with E-state index in [1.165, 1.54) is 17.4 Å². The zero-order chi connectivity index (χ0) is 19.8. The van der Waals surface area contributed by atoms with Gasteiger partial charge >= 0.3 is 5.97 Å². The van der Waals surface area contributed by atoms with Gasteiger partial charge in [0.05, 0.1) is 10.2 Å². The molecule has 0 amide bonds. The van der Waals surface area contributed by atoms with Crippen molar-refractivity contribution in [3.8, 4) is 10.8 Å². The van der Waals surface area contributed by atoms with Gasteiger partial charge in [-0.3, -0.25) is 4.79 Å². The molecule has 4 rings (SSSR count). The monoisotopic (exact) mass is 394 g/mol. The highest BCUT2D eigenvalue weighted by Crippen LogP contribution is 2.31. The van der Waals surface area contributed by atoms with Gasteiger partial charge in [-0.1, -0.05) is 12.1 Å². The third-order valence-corrected chi connectivity index (χ3v) is 5.77. The molecule has 0 fully saturated rings. The van der Waals surface area contributed by atoms with Crippen LogP contribution in [0.5, 0.6) is 0 Å². The molecule has 0 saturated heterocycles. The van der Waals surface area contributed by atoms with Crippen molar-refractivity contribution >= 4 is 33.3 Å². The first kappa shape index (κ1) is 18.2. The molecule has 0 radical (unpaired) electrons. The van der Waals surface area contributed by atoms with Gasteiger partial charge in [0, 0.05) is 24.0 Å². The number of benzene rings is 1. The molecule has 0 spiro atoms. The van der Waals surface area contributed by atoms with Crippen molar-refractivity contribution in [2.45, 2.75) is 13.8 Å². The largest absolute Gasteiger partial charge is 0.451 e. The Morgan fingerprint density at radius 2 is 1.96 bits per heavy atom. The maximum Gasteiger partial charge on any atom is 0.374 e. The number of nitrogens with zero attached hydrogens (tertiary/aromatic N) is 2. The minimum absolute atomic E-state index is 0.0445. The number of hydrogen-bond acceptors (Lipinski definition) is 6. The molecular formula is C21H18N2O4S. The Balaban J connectivity index is 1.45. The van der Waals surface area contributed by atoms with Gasteiger partial charge in [0.2, 0.25) is 11.5 Å². The summed E-state index contributed by atoms with van der Waals surface area (Å²) in [5.74, 6) is -0.379. The van der Waals surface area contributed by atoms with Gasteiger partial charge in [-0.05, 0) is 44.2 Å². The van der Waals surface area contributed by atoms with E-state index in [9.17, 15) is 9.59 Å². The summed E-state index contributed by atoms with van der Waals surface area (Å²) in [7, 11) is 1.89. The Hall–Kier alpha value is -3.19. The van der Waals surface area contributed by atoms with Crippen molar-refractivity contribution in [3.05, 3.63) is 65.2 Å². The molecule has 0 unspecified atom stereocenters. The summed E-state index contributed by atoms with van der Waals surface area (Å²) in [5.41, 5.74) is 3.25. The van der Waals surface area contributed by atoms with Gasteiger partial charge < -0.3 is 13.7 Å². The number of rotatable bonds is 5. The predicted octanol–water partition coefficient (Wildman–Crippen LogP) is 4.55. The van der Waals surface area contributed by atoms with Crippen molar-refractivity contribution < 1.29 is 18.7 Å². The van der Waals surface area contributed by atoms with E-state index in [0.29, 0.717) is 16.3 Å². The molecule has 0 aliphatic rings. The van der Waals surface area contributed by atoms with Crippen LogP contribution >= 0.6 is 11.3 Å². The van der Waals surface area contributed by atoms with Crippen LogP contribution in [0.2, 0.25) is 0 Å². The topological polar surface area (TPSA) is 74.3 Å². The van der Waals surface area contributed by atoms with Crippen molar-refractivity contribution in [2.24, 2.45) is 7.05 Å². The highest BCUT2D eigenvalue weighted by Gasteiger charge is 2.19. The summed E-state index contributed by atoms with van der Waals surface area (Å²) >= 11 is 1.48. The normalized spacial score (nSPS) is 11.1. The standard InChI is InChI=1S/C21H18N2O4S/c1-12-10-14(13(2)23(12)3)16(24)11-26-21(25)18-9-8-17(27-18)20-22-15-6-4-5-7-19(15)28-20/h4-10H,11H2,1-3H3. The van der Waals surface area contributed by atoms with E-state index in [0.717, 1.165) is 21.6 Å². The fraction of sp³-hybridized carbons (Fsp3) is 0.190. The Kier molecular flexibility index (Phi) is 4.60. The molecule has 4 aromatic rings. The van der Waals surface area contributed by atoms with E-state index in [4.69, 9.17) is 9.15 Å². The van der Waals surface area contributed by atoms with Gasteiger partial charge in [0.1, 0.15) is 0 Å². The molecule has 7 heteroatoms. The van der Waals surface area contributed by atoms with Gasteiger partial charge in [-0.25, -0.2) is 9.78 Å². The number of esters is 1. The number of para-hydroxylation sites is 1. The van der Waals surface area contributed by atoms with Crippen molar-refractivity contribution in [3.63, 3.8) is 0 Å².